The van der Waals surface area contributed by atoms with Crippen LogP contribution in [0.1, 0.15) is 5.56 Å². The van der Waals surface area contributed by atoms with E-state index in [0.29, 0.717) is 6.61 Å². The summed E-state index contributed by atoms with van der Waals surface area (Å²) >= 11 is 3.36. The van der Waals surface area contributed by atoms with Crippen molar-refractivity contribution in [3.8, 4) is 5.75 Å². The molecule has 1 heterocycles. The van der Waals surface area contributed by atoms with Crippen LogP contribution in [-0.2, 0) is 0 Å². The van der Waals surface area contributed by atoms with Crippen LogP contribution in [0.25, 0.3) is 10.9 Å². The predicted molar refractivity (Wildman–Crippen MR) is 93.3 cm³/mol. The van der Waals surface area contributed by atoms with Gasteiger partial charge in [-0.15, -0.1) is 0 Å². The standard InChI is InChI=1S/C17H16BrN3O/c1-12-3-2-4-13(9-12)21-17-15-10-14(22-8-7-18)5-6-16(15)19-11-20-17/h2-6,9-11H,7-8H2,1H3,(H,19,20,21). The first kappa shape index (κ1) is 14.8. The first-order chi connectivity index (χ1) is 10.8. The zero-order valence-corrected chi connectivity index (χ0v) is 13.8. The van der Waals surface area contributed by atoms with E-state index in [9.17, 15) is 0 Å². The smallest absolute Gasteiger partial charge is 0.141 e. The highest BCUT2D eigenvalue weighted by molar-refractivity contribution is 9.09. The van der Waals surface area contributed by atoms with E-state index in [4.69, 9.17) is 4.74 Å². The van der Waals surface area contributed by atoms with Crippen LogP contribution in [0.5, 0.6) is 5.75 Å². The topological polar surface area (TPSA) is 47.0 Å². The van der Waals surface area contributed by atoms with E-state index < -0.39 is 0 Å². The van der Waals surface area contributed by atoms with Crippen LogP contribution in [0.3, 0.4) is 0 Å². The van der Waals surface area contributed by atoms with E-state index in [1.54, 1.807) is 6.33 Å². The summed E-state index contributed by atoms with van der Waals surface area (Å²) in [5.74, 6) is 1.59. The van der Waals surface area contributed by atoms with Gasteiger partial charge in [-0.3, -0.25) is 0 Å². The third-order valence-electron chi connectivity index (χ3n) is 3.23. The predicted octanol–water partition coefficient (Wildman–Crippen LogP) is 4.46. The molecular formula is C17H16BrN3O. The Morgan fingerprint density at radius 3 is 2.86 bits per heavy atom. The molecule has 0 fully saturated rings. The maximum atomic E-state index is 5.66. The molecule has 0 unspecified atom stereocenters. The number of benzene rings is 2. The molecule has 0 atom stereocenters. The molecule has 3 rings (SSSR count). The minimum absolute atomic E-state index is 0.625. The Morgan fingerprint density at radius 1 is 1.14 bits per heavy atom. The van der Waals surface area contributed by atoms with Crippen molar-refractivity contribution in [2.24, 2.45) is 0 Å². The number of nitrogens with one attached hydrogen (secondary N) is 1. The van der Waals surface area contributed by atoms with E-state index in [0.717, 1.165) is 33.5 Å². The molecule has 0 aliphatic carbocycles. The van der Waals surface area contributed by atoms with Gasteiger partial charge in [-0.25, -0.2) is 9.97 Å². The Kier molecular flexibility index (Phi) is 4.53. The Balaban J connectivity index is 1.97. The van der Waals surface area contributed by atoms with Gasteiger partial charge < -0.3 is 10.1 Å². The molecule has 22 heavy (non-hydrogen) atoms. The summed E-state index contributed by atoms with van der Waals surface area (Å²) < 4.78 is 5.66. The number of fused-ring (bicyclic) bond motifs is 1. The molecule has 5 heteroatoms. The SMILES string of the molecule is Cc1cccc(Nc2ncnc3ccc(OCCBr)cc23)c1. The molecule has 0 bridgehead atoms. The molecule has 2 aromatic carbocycles. The number of nitrogens with zero attached hydrogens (tertiary/aromatic N) is 2. The maximum Gasteiger partial charge on any atom is 0.141 e. The molecule has 4 nitrogen and oxygen atoms in total. The fourth-order valence-corrected chi connectivity index (χ4v) is 2.40. The molecule has 0 saturated carbocycles. The molecule has 0 radical (unpaired) electrons. The van der Waals surface area contributed by atoms with Gasteiger partial charge in [0.05, 0.1) is 12.1 Å². The molecule has 0 aliphatic rings. The lowest BCUT2D eigenvalue weighted by Gasteiger charge is -2.10. The molecule has 0 amide bonds. The quantitative estimate of drug-likeness (QED) is 0.685. The second-order valence-corrected chi connectivity index (χ2v) is 5.73. The third-order valence-corrected chi connectivity index (χ3v) is 3.56. The lowest BCUT2D eigenvalue weighted by molar-refractivity contribution is 0.345. The maximum absolute atomic E-state index is 5.66. The number of aromatic nitrogens is 2. The van der Waals surface area contributed by atoms with Gasteiger partial charge in [0.15, 0.2) is 0 Å². The van der Waals surface area contributed by atoms with Gasteiger partial charge in [-0.05, 0) is 42.8 Å². The number of hydrogen-bond donors (Lipinski definition) is 1. The summed E-state index contributed by atoms with van der Waals surface area (Å²) in [6, 6.07) is 14.0. The van der Waals surface area contributed by atoms with E-state index in [1.807, 2.05) is 30.3 Å². The fraction of sp³-hybridized carbons (Fsp3) is 0.176. The highest BCUT2D eigenvalue weighted by Gasteiger charge is 2.06. The minimum atomic E-state index is 0.625. The van der Waals surface area contributed by atoms with Crippen molar-refractivity contribution < 1.29 is 4.74 Å². The van der Waals surface area contributed by atoms with Crippen LogP contribution in [0.4, 0.5) is 11.5 Å². The van der Waals surface area contributed by atoms with Crippen molar-refractivity contribution in [2.75, 3.05) is 17.3 Å². The third kappa shape index (κ3) is 3.36. The molecule has 0 aliphatic heterocycles. The second-order valence-electron chi connectivity index (χ2n) is 4.93. The molecule has 3 aromatic rings. The largest absolute Gasteiger partial charge is 0.493 e. The number of alkyl halides is 1. The van der Waals surface area contributed by atoms with E-state index >= 15 is 0 Å². The number of rotatable bonds is 5. The van der Waals surface area contributed by atoms with Crippen LogP contribution in [0.2, 0.25) is 0 Å². The number of anilines is 2. The molecule has 1 aromatic heterocycles. The van der Waals surface area contributed by atoms with Gasteiger partial charge in [0.1, 0.15) is 17.9 Å². The van der Waals surface area contributed by atoms with Crippen LogP contribution in [-0.4, -0.2) is 21.9 Å². The number of ether oxygens (including phenoxy) is 1. The van der Waals surface area contributed by atoms with E-state index in [2.05, 4.69) is 50.3 Å². The minimum Gasteiger partial charge on any atom is -0.493 e. The molecular weight excluding hydrogens is 342 g/mol. The highest BCUT2D eigenvalue weighted by atomic mass is 79.9. The summed E-state index contributed by atoms with van der Waals surface area (Å²) in [6.07, 6.45) is 1.57. The average molecular weight is 358 g/mol. The van der Waals surface area contributed by atoms with E-state index in [-0.39, 0.29) is 0 Å². The lowest BCUT2D eigenvalue weighted by Crippen LogP contribution is -1.99. The van der Waals surface area contributed by atoms with Gasteiger partial charge in [0.25, 0.3) is 0 Å². The summed E-state index contributed by atoms with van der Waals surface area (Å²) in [6.45, 7) is 2.69. The number of halogens is 1. The van der Waals surface area contributed by atoms with Crippen molar-refractivity contribution in [1.82, 2.24) is 9.97 Å². The van der Waals surface area contributed by atoms with Crippen molar-refractivity contribution in [2.45, 2.75) is 6.92 Å². The van der Waals surface area contributed by atoms with Gasteiger partial charge >= 0.3 is 0 Å². The molecule has 112 valence electrons. The Hall–Kier alpha value is -2.14. The van der Waals surface area contributed by atoms with Crippen molar-refractivity contribution in [1.29, 1.82) is 0 Å². The van der Waals surface area contributed by atoms with E-state index in [1.165, 1.54) is 5.56 Å². The number of aryl methyl sites for hydroxylation is 1. The van der Waals surface area contributed by atoms with Crippen molar-refractivity contribution in [3.05, 3.63) is 54.4 Å². The Labute approximate surface area is 137 Å². The first-order valence-corrected chi connectivity index (χ1v) is 8.15. The molecule has 0 saturated heterocycles. The van der Waals surface area contributed by atoms with Crippen LogP contribution in [0, 0.1) is 6.92 Å². The van der Waals surface area contributed by atoms with Crippen LogP contribution in [0.15, 0.2) is 48.8 Å². The number of hydrogen-bond acceptors (Lipinski definition) is 4. The fourth-order valence-electron chi connectivity index (χ4n) is 2.24. The second kappa shape index (κ2) is 6.75. The summed E-state index contributed by atoms with van der Waals surface area (Å²) in [7, 11) is 0. The normalized spacial score (nSPS) is 10.6. The van der Waals surface area contributed by atoms with Gasteiger partial charge in [-0.2, -0.15) is 0 Å². The zero-order chi connectivity index (χ0) is 15.4. The van der Waals surface area contributed by atoms with Gasteiger partial charge in [0, 0.05) is 16.4 Å². The monoisotopic (exact) mass is 357 g/mol. The van der Waals surface area contributed by atoms with Crippen LogP contribution >= 0.6 is 15.9 Å². The van der Waals surface area contributed by atoms with Crippen LogP contribution < -0.4 is 10.1 Å². The highest BCUT2D eigenvalue weighted by Crippen LogP contribution is 2.27. The average Bonchev–Trinajstić information content (AvgIpc) is 2.53. The summed E-state index contributed by atoms with van der Waals surface area (Å²) in [4.78, 5) is 8.67. The Morgan fingerprint density at radius 2 is 2.05 bits per heavy atom. The van der Waals surface area contributed by atoms with Crippen molar-refractivity contribution >= 4 is 38.3 Å². The summed E-state index contributed by atoms with van der Waals surface area (Å²) in [5.41, 5.74) is 3.09. The first-order valence-electron chi connectivity index (χ1n) is 7.03. The van der Waals surface area contributed by atoms with Gasteiger partial charge in [-0.1, -0.05) is 28.1 Å². The van der Waals surface area contributed by atoms with Crippen molar-refractivity contribution in [3.63, 3.8) is 0 Å². The Bertz CT molecular complexity index is 792. The summed E-state index contributed by atoms with van der Waals surface area (Å²) in [5, 5.41) is 5.09. The zero-order valence-electron chi connectivity index (χ0n) is 12.2. The molecule has 0 spiro atoms. The van der Waals surface area contributed by atoms with Gasteiger partial charge in [0.2, 0.25) is 0 Å². The lowest BCUT2D eigenvalue weighted by atomic mass is 10.2. The molecule has 1 N–H and O–H groups in total.